The number of methoxy groups -OCH3 is 2. The maximum absolute atomic E-state index is 12.2. The van der Waals surface area contributed by atoms with Gasteiger partial charge in [-0.3, -0.25) is 14.9 Å². The molecular weight excluding hydrogens is 414 g/mol. The third kappa shape index (κ3) is 6.05. The maximum Gasteiger partial charge on any atom is 0.250 e. The number of rotatable bonds is 7. The molecule has 2 aromatic carbocycles. The van der Waals surface area contributed by atoms with Gasteiger partial charge in [-0.25, -0.2) is 0 Å². The highest BCUT2D eigenvalue weighted by atomic mass is 32.1. The van der Waals surface area contributed by atoms with E-state index in [1.165, 1.54) is 6.08 Å². The first-order chi connectivity index (χ1) is 14.9. The molecule has 3 N–H and O–H groups in total. The summed E-state index contributed by atoms with van der Waals surface area (Å²) in [5.74, 6) is 0.972. The van der Waals surface area contributed by atoms with Crippen LogP contribution in [0.1, 0.15) is 24.0 Å². The Labute approximate surface area is 186 Å². The summed E-state index contributed by atoms with van der Waals surface area (Å²) < 4.78 is 10.5. The van der Waals surface area contributed by atoms with Gasteiger partial charge in [-0.15, -0.1) is 0 Å². The van der Waals surface area contributed by atoms with Crippen LogP contribution in [0.2, 0.25) is 0 Å². The molecule has 0 atom stereocenters. The van der Waals surface area contributed by atoms with Crippen LogP contribution < -0.4 is 25.4 Å². The summed E-state index contributed by atoms with van der Waals surface area (Å²) in [6.07, 6.45) is 4.92. The van der Waals surface area contributed by atoms with E-state index in [-0.39, 0.29) is 22.8 Å². The Balaban J connectivity index is 1.58. The standard InChI is InChI=1S/C23H25N3O4S/c1-14-17(24-22(28)16-9-10-16)5-4-6-18(14)25-23(31)26-21(27)12-8-15-7-11-19(29-2)20(13-15)30-3/h4-8,11-13,16H,9-10H2,1-3H3,(H,24,28)(H2,25,26,27,31)/b12-8+. The average molecular weight is 440 g/mol. The molecule has 0 bridgehead atoms. The number of hydrogen-bond donors (Lipinski definition) is 3. The first-order valence-electron chi connectivity index (χ1n) is 9.84. The Hall–Kier alpha value is -3.39. The van der Waals surface area contributed by atoms with Crippen LogP contribution in [-0.4, -0.2) is 31.1 Å². The maximum atomic E-state index is 12.2. The molecule has 0 saturated heterocycles. The zero-order valence-corrected chi connectivity index (χ0v) is 18.5. The van der Waals surface area contributed by atoms with Crippen LogP contribution in [-0.2, 0) is 9.59 Å². The summed E-state index contributed by atoms with van der Waals surface area (Å²) in [5, 5.41) is 8.73. The lowest BCUT2D eigenvalue weighted by Crippen LogP contribution is -2.33. The van der Waals surface area contributed by atoms with Gasteiger partial charge in [-0.1, -0.05) is 12.1 Å². The summed E-state index contributed by atoms with van der Waals surface area (Å²) in [7, 11) is 3.11. The van der Waals surface area contributed by atoms with Crippen LogP contribution in [0.4, 0.5) is 11.4 Å². The number of thiocarbonyl (C=S) groups is 1. The van der Waals surface area contributed by atoms with Crippen molar-refractivity contribution in [2.75, 3.05) is 24.9 Å². The largest absolute Gasteiger partial charge is 0.493 e. The Morgan fingerprint density at radius 1 is 1.03 bits per heavy atom. The minimum absolute atomic E-state index is 0.0384. The number of benzene rings is 2. The molecule has 0 spiro atoms. The number of amides is 2. The molecule has 1 aliphatic rings. The molecule has 8 heteroatoms. The molecule has 0 radical (unpaired) electrons. The third-order valence-electron chi connectivity index (χ3n) is 4.86. The van der Waals surface area contributed by atoms with Crippen molar-refractivity contribution in [1.29, 1.82) is 0 Å². The predicted molar refractivity (Wildman–Crippen MR) is 125 cm³/mol. The van der Waals surface area contributed by atoms with E-state index in [4.69, 9.17) is 21.7 Å². The van der Waals surface area contributed by atoms with Crippen molar-refractivity contribution in [2.45, 2.75) is 19.8 Å². The minimum atomic E-state index is -0.372. The van der Waals surface area contributed by atoms with E-state index in [0.717, 1.165) is 29.7 Å². The van der Waals surface area contributed by atoms with Crippen LogP contribution in [0.15, 0.2) is 42.5 Å². The number of hydrogen-bond acceptors (Lipinski definition) is 5. The van der Waals surface area contributed by atoms with Gasteiger partial charge in [0.1, 0.15) is 0 Å². The van der Waals surface area contributed by atoms with Crippen LogP contribution in [0, 0.1) is 12.8 Å². The summed E-state index contributed by atoms with van der Waals surface area (Å²) in [6.45, 7) is 1.88. The lowest BCUT2D eigenvalue weighted by molar-refractivity contribution is -0.117. The SMILES string of the molecule is COc1ccc(/C=C/C(=O)NC(=S)Nc2cccc(NC(=O)C3CC3)c2C)cc1OC. The van der Waals surface area contributed by atoms with Crippen molar-refractivity contribution >= 4 is 46.6 Å². The zero-order chi connectivity index (χ0) is 22.4. The lowest BCUT2D eigenvalue weighted by Gasteiger charge is -2.14. The second-order valence-electron chi connectivity index (χ2n) is 7.13. The highest BCUT2D eigenvalue weighted by Crippen LogP contribution is 2.32. The molecule has 2 aromatic rings. The Morgan fingerprint density at radius 2 is 1.71 bits per heavy atom. The normalized spacial score (nSPS) is 12.9. The summed E-state index contributed by atoms with van der Waals surface area (Å²) in [5.41, 5.74) is 3.06. The minimum Gasteiger partial charge on any atom is -0.493 e. The molecule has 7 nitrogen and oxygen atoms in total. The third-order valence-corrected chi connectivity index (χ3v) is 5.06. The van der Waals surface area contributed by atoms with E-state index in [2.05, 4.69) is 16.0 Å². The van der Waals surface area contributed by atoms with Crippen molar-refractivity contribution in [2.24, 2.45) is 5.92 Å². The molecule has 162 valence electrons. The van der Waals surface area contributed by atoms with E-state index >= 15 is 0 Å². The van der Waals surface area contributed by atoms with Crippen molar-refractivity contribution in [3.63, 3.8) is 0 Å². The van der Waals surface area contributed by atoms with Crippen molar-refractivity contribution in [3.05, 3.63) is 53.6 Å². The smallest absolute Gasteiger partial charge is 0.250 e. The van der Waals surface area contributed by atoms with E-state index in [1.807, 2.05) is 31.2 Å². The van der Waals surface area contributed by atoms with Gasteiger partial charge in [0, 0.05) is 23.4 Å². The fourth-order valence-electron chi connectivity index (χ4n) is 2.92. The molecule has 2 amide bonds. The topological polar surface area (TPSA) is 88.7 Å². The summed E-state index contributed by atoms with van der Waals surface area (Å²) >= 11 is 5.26. The van der Waals surface area contributed by atoms with E-state index in [0.29, 0.717) is 17.2 Å². The highest BCUT2D eigenvalue weighted by molar-refractivity contribution is 7.80. The molecule has 1 aliphatic carbocycles. The van der Waals surface area contributed by atoms with Gasteiger partial charge < -0.3 is 20.1 Å². The monoisotopic (exact) mass is 439 g/mol. The molecule has 0 aromatic heterocycles. The average Bonchev–Trinajstić information content (AvgIpc) is 3.60. The quantitative estimate of drug-likeness (QED) is 0.448. The number of carbonyl (C=O) groups excluding carboxylic acids is 2. The van der Waals surface area contributed by atoms with Gasteiger partial charge >= 0.3 is 0 Å². The number of ether oxygens (including phenoxy) is 2. The molecular formula is C23H25N3O4S. The molecule has 31 heavy (non-hydrogen) atoms. The van der Waals surface area contributed by atoms with E-state index in [1.54, 1.807) is 32.4 Å². The first-order valence-corrected chi connectivity index (χ1v) is 10.2. The number of anilines is 2. The van der Waals surface area contributed by atoms with Crippen molar-refractivity contribution < 1.29 is 19.1 Å². The van der Waals surface area contributed by atoms with E-state index < -0.39 is 0 Å². The zero-order valence-electron chi connectivity index (χ0n) is 17.7. The van der Waals surface area contributed by atoms with Gasteiger partial charge in [0.05, 0.1) is 14.2 Å². The van der Waals surface area contributed by atoms with Crippen LogP contribution in [0.5, 0.6) is 11.5 Å². The lowest BCUT2D eigenvalue weighted by atomic mass is 10.1. The van der Waals surface area contributed by atoms with Crippen LogP contribution >= 0.6 is 12.2 Å². The molecule has 1 fully saturated rings. The Kier molecular flexibility index (Phi) is 7.25. The van der Waals surface area contributed by atoms with Gasteiger partial charge in [0.25, 0.3) is 0 Å². The molecule has 3 rings (SSSR count). The van der Waals surface area contributed by atoms with Crippen molar-refractivity contribution in [1.82, 2.24) is 5.32 Å². The van der Waals surface area contributed by atoms with Gasteiger partial charge in [0.2, 0.25) is 11.8 Å². The van der Waals surface area contributed by atoms with Gasteiger partial charge in [-0.05, 0) is 73.5 Å². The molecule has 0 heterocycles. The molecule has 1 saturated carbocycles. The van der Waals surface area contributed by atoms with E-state index in [9.17, 15) is 9.59 Å². The second kappa shape index (κ2) is 10.1. The fourth-order valence-corrected chi connectivity index (χ4v) is 3.13. The van der Waals surface area contributed by atoms with Crippen molar-refractivity contribution in [3.8, 4) is 11.5 Å². The van der Waals surface area contributed by atoms with Crippen LogP contribution in [0.25, 0.3) is 6.08 Å². The highest BCUT2D eigenvalue weighted by Gasteiger charge is 2.29. The van der Waals surface area contributed by atoms with Gasteiger partial charge in [-0.2, -0.15) is 0 Å². The predicted octanol–water partition coefficient (Wildman–Crippen LogP) is 3.89. The first kappa shape index (κ1) is 22.3. The summed E-state index contributed by atoms with van der Waals surface area (Å²) in [4.78, 5) is 24.3. The molecule has 0 aliphatic heterocycles. The van der Waals surface area contributed by atoms with Crippen LogP contribution in [0.3, 0.4) is 0 Å². The number of carbonyl (C=O) groups is 2. The van der Waals surface area contributed by atoms with Gasteiger partial charge in [0.15, 0.2) is 16.6 Å². The Morgan fingerprint density at radius 3 is 2.35 bits per heavy atom. The fraction of sp³-hybridized carbons (Fsp3) is 0.261. The Bertz CT molecular complexity index is 1030. The molecule has 0 unspecified atom stereocenters. The summed E-state index contributed by atoms with van der Waals surface area (Å²) in [6, 6.07) is 10.8. The number of nitrogens with one attached hydrogen (secondary N) is 3. The second-order valence-corrected chi connectivity index (χ2v) is 7.54.